The first kappa shape index (κ1) is 13.1. The Bertz CT molecular complexity index is 445. The second kappa shape index (κ2) is 5.50. The first-order valence-corrected chi connectivity index (χ1v) is 6.42. The Balaban J connectivity index is 2.21. The Hall–Kier alpha value is -1.39. The van der Waals surface area contributed by atoms with E-state index < -0.39 is 0 Å². The van der Waals surface area contributed by atoms with Crippen molar-refractivity contribution in [3.8, 4) is 0 Å². The minimum absolute atomic E-state index is 0.187. The number of hydrogen-bond acceptors (Lipinski definition) is 3. The van der Waals surface area contributed by atoms with Gasteiger partial charge in [0.05, 0.1) is 6.42 Å². The van der Waals surface area contributed by atoms with Crippen LogP contribution in [0.5, 0.6) is 0 Å². The zero-order valence-corrected chi connectivity index (χ0v) is 11.1. The summed E-state index contributed by atoms with van der Waals surface area (Å²) in [4.78, 5) is 13.9. The number of carbonyl (C=O) groups is 1. The molecular formula is C14H21N3O. The summed E-state index contributed by atoms with van der Waals surface area (Å²) >= 11 is 0. The fourth-order valence-corrected chi connectivity index (χ4v) is 2.34. The molecule has 0 aliphatic carbocycles. The normalized spacial score (nSPS) is 15.9. The smallest absolute Gasteiger partial charge is 0.231 e. The topological polar surface area (TPSA) is 58.4 Å². The number of hydrogen-bond donors (Lipinski definition) is 2. The summed E-state index contributed by atoms with van der Waals surface area (Å²) in [5.74, 6) is 0.517. The number of nitrogens with zero attached hydrogens (tertiary/aromatic N) is 1. The first-order valence-electron chi connectivity index (χ1n) is 6.42. The number of anilines is 1. The quantitative estimate of drug-likeness (QED) is 0.812. The van der Waals surface area contributed by atoms with Gasteiger partial charge >= 0.3 is 0 Å². The predicted octanol–water partition coefficient (Wildman–Crippen LogP) is 0.890. The minimum Gasteiger partial charge on any atom is -0.330 e. The molecular weight excluding hydrogens is 226 g/mol. The Kier molecular flexibility index (Phi) is 3.99. The average Bonchev–Trinajstić information content (AvgIpc) is 2.65. The number of nitrogens with one attached hydrogen (secondary N) is 1. The summed E-state index contributed by atoms with van der Waals surface area (Å²) in [6, 6.07) is 6.25. The van der Waals surface area contributed by atoms with E-state index in [9.17, 15) is 4.79 Å². The van der Waals surface area contributed by atoms with Gasteiger partial charge < -0.3 is 16.0 Å². The van der Waals surface area contributed by atoms with E-state index in [1.165, 1.54) is 5.56 Å². The Morgan fingerprint density at radius 1 is 1.50 bits per heavy atom. The lowest BCUT2D eigenvalue weighted by Crippen LogP contribution is -2.33. The molecule has 1 unspecified atom stereocenters. The third-order valence-electron chi connectivity index (χ3n) is 3.35. The Morgan fingerprint density at radius 3 is 2.94 bits per heavy atom. The van der Waals surface area contributed by atoms with Gasteiger partial charge in [0.15, 0.2) is 0 Å². The maximum atomic E-state index is 12.0. The van der Waals surface area contributed by atoms with Crippen LogP contribution in [0.15, 0.2) is 18.2 Å². The molecule has 1 aliphatic rings. The number of rotatable bonds is 5. The fourth-order valence-electron chi connectivity index (χ4n) is 2.34. The average molecular weight is 247 g/mol. The molecule has 4 nitrogen and oxygen atoms in total. The number of carbonyl (C=O) groups excluding carboxylic acids is 1. The molecule has 0 bridgehead atoms. The maximum Gasteiger partial charge on any atom is 0.231 e. The van der Waals surface area contributed by atoms with Crippen molar-refractivity contribution in [3.63, 3.8) is 0 Å². The summed E-state index contributed by atoms with van der Waals surface area (Å²) < 4.78 is 0. The largest absolute Gasteiger partial charge is 0.330 e. The van der Waals surface area contributed by atoms with Crippen LogP contribution >= 0.6 is 0 Å². The molecule has 0 saturated carbocycles. The van der Waals surface area contributed by atoms with Crippen LogP contribution in [0.3, 0.4) is 0 Å². The highest BCUT2D eigenvalue weighted by Gasteiger charge is 2.27. The molecule has 3 N–H and O–H groups in total. The molecule has 1 aliphatic heterocycles. The predicted molar refractivity (Wildman–Crippen MR) is 73.5 cm³/mol. The lowest BCUT2D eigenvalue weighted by Gasteiger charge is -2.21. The molecule has 0 fully saturated rings. The molecule has 1 amide bonds. The number of nitrogens with two attached hydrogens (primary N) is 1. The highest BCUT2D eigenvalue weighted by molar-refractivity contribution is 6.01. The lowest BCUT2D eigenvalue weighted by molar-refractivity contribution is -0.117. The Labute approximate surface area is 108 Å². The number of amides is 1. The standard InChI is InChI=1S/C14H21N3O/c1-10(7-15)9-17-13-4-3-11(8-16-2)5-12(13)6-14(17)18/h3-5,10,16H,6-9,15H2,1-2H3. The number of benzene rings is 1. The van der Waals surface area contributed by atoms with Crippen LogP contribution in [0.2, 0.25) is 0 Å². The van der Waals surface area contributed by atoms with Gasteiger partial charge in [0, 0.05) is 18.8 Å². The van der Waals surface area contributed by atoms with Crippen molar-refractivity contribution in [1.82, 2.24) is 5.32 Å². The molecule has 4 heteroatoms. The molecule has 0 spiro atoms. The SMILES string of the molecule is CNCc1ccc2c(c1)CC(=O)N2CC(C)CN. The third-order valence-corrected chi connectivity index (χ3v) is 3.35. The monoisotopic (exact) mass is 247 g/mol. The molecule has 1 aromatic carbocycles. The minimum atomic E-state index is 0.187. The van der Waals surface area contributed by atoms with E-state index in [4.69, 9.17) is 5.73 Å². The molecule has 2 rings (SSSR count). The van der Waals surface area contributed by atoms with Crippen LogP contribution in [0.4, 0.5) is 5.69 Å². The van der Waals surface area contributed by atoms with E-state index in [0.717, 1.165) is 17.8 Å². The molecule has 0 radical (unpaired) electrons. The third kappa shape index (κ3) is 2.54. The van der Waals surface area contributed by atoms with Crippen LogP contribution in [-0.2, 0) is 17.8 Å². The van der Waals surface area contributed by atoms with Gasteiger partial charge in [-0.05, 0) is 36.7 Å². The molecule has 1 heterocycles. The van der Waals surface area contributed by atoms with Gasteiger partial charge in [-0.2, -0.15) is 0 Å². The van der Waals surface area contributed by atoms with E-state index in [1.54, 1.807) is 0 Å². The van der Waals surface area contributed by atoms with Gasteiger partial charge in [-0.1, -0.05) is 19.1 Å². The summed E-state index contributed by atoms with van der Waals surface area (Å²) in [6.07, 6.45) is 0.518. The van der Waals surface area contributed by atoms with Crippen molar-refractivity contribution in [2.75, 3.05) is 25.0 Å². The first-order chi connectivity index (χ1) is 8.65. The van der Waals surface area contributed by atoms with Crippen molar-refractivity contribution in [1.29, 1.82) is 0 Å². The summed E-state index contributed by atoms with van der Waals surface area (Å²) in [5.41, 5.74) is 9.04. The Morgan fingerprint density at radius 2 is 2.28 bits per heavy atom. The van der Waals surface area contributed by atoms with Crippen LogP contribution in [0.1, 0.15) is 18.1 Å². The molecule has 18 heavy (non-hydrogen) atoms. The summed E-state index contributed by atoms with van der Waals surface area (Å²) in [5, 5.41) is 3.12. The van der Waals surface area contributed by atoms with Crippen LogP contribution in [0, 0.1) is 5.92 Å². The van der Waals surface area contributed by atoms with E-state index in [-0.39, 0.29) is 5.91 Å². The van der Waals surface area contributed by atoms with E-state index in [2.05, 4.69) is 30.4 Å². The van der Waals surface area contributed by atoms with Gasteiger partial charge in [-0.3, -0.25) is 4.79 Å². The molecule has 1 aromatic rings. The van der Waals surface area contributed by atoms with Crippen LogP contribution in [-0.4, -0.2) is 26.0 Å². The fraction of sp³-hybridized carbons (Fsp3) is 0.500. The lowest BCUT2D eigenvalue weighted by atomic mass is 10.1. The second-order valence-corrected chi connectivity index (χ2v) is 5.02. The van der Waals surface area contributed by atoms with Gasteiger partial charge in [0.1, 0.15) is 0 Å². The maximum absolute atomic E-state index is 12.0. The van der Waals surface area contributed by atoms with Crippen molar-refractivity contribution >= 4 is 11.6 Å². The van der Waals surface area contributed by atoms with Gasteiger partial charge in [-0.25, -0.2) is 0 Å². The zero-order chi connectivity index (χ0) is 13.1. The van der Waals surface area contributed by atoms with Crippen molar-refractivity contribution in [2.24, 2.45) is 11.7 Å². The van der Waals surface area contributed by atoms with E-state index in [1.807, 2.05) is 11.9 Å². The second-order valence-electron chi connectivity index (χ2n) is 5.02. The van der Waals surface area contributed by atoms with Crippen molar-refractivity contribution < 1.29 is 4.79 Å². The zero-order valence-electron chi connectivity index (χ0n) is 11.1. The summed E-state index contributed by atoms with van der Waals surface area (Å²) in [7, 11) is 1.92. The highest BCUT2D eigenvalue weighted by atomic mass is 16.2. The van der Waals surface area contributed by atoms with Gasteiger partial charge in [0.25, 0.3) is 0 Å². The van der Waals surface area contributed by atoms with Gasteiger partial charge in [-0.15, -0.1) is 0 Å². The van der Waals surface area contributed by atoms with Crippen LogP contribution < -0.4 is 16.0 Å². The number of fused-ring (bicyclic) bond motifs is 1. The van der Waals surface area contributed by atoms with Crippen molar-refractivity contribution in [3.05, 3.63) is 29.3 Å². The van der Waals surface area contributed by atoms with Gasteiger partial charge in [0.2, 0.25) is 5.91 Å². The van der Waals surface area contributed by atoms with Crippen LogP contribution in [0.25, 0.3) is 0 Å². The highest BCUT2D eigenvalue weighted by Crippen LogP contribution is 2.30. The molecule has 0 aromatic heterocycles. The summed E-state index contributed by atoms with van der Waals surface area (Å²) in [6.45, 7) is 4.23. The molecule has 0 saturated heterocycles. The molecule has 98 valence electrons. The van der Waals surface area contributed by atoms with E-state index >= 15 is 0 Å². The van der Waals surface area contributed by atoms with E-state index in [0.29, 0.717) is 25.4 Å². The van der Waals surface area contributed by atoms with Crippen molar-refractivity contribution in [2.45, 2.75) is 19.9 Å². The molecule has 1 atom stereocenters.